The smallest absolute Gasteiger partial charge is 0.224 e. The molecule has 0 aliphatic carbocycles. The highest BCUT2D eigenvalue weighted by atomic mass is 16.5. The van der Waals surface area contributed by atoms with E-state index in [1.54, 1.807) is 0 Å². The number of piperidine rings is 1. The van der Waals surface area contributed by atoms with Crippen molar-refractivity contribution in [2.45, 2.75) is 38.6 Å². The highest BCUT2D eigenvalue weighted by Gasteiger charge is 2.10. The van der Waals surface area contributed by atoms with Crippen LogP contribution in [-0.4, -0.2) is 30.5 Å². The number of amides is 1. The van der Waals surface area contributed by atoms with Crippen molar-refractivity contribution in [2.75, 3.05) is 25.0 Å². The number of anilines is 1. The number of hydrogen-bond acceptors (Lipinski definition) is 3. The van der Waals surface area contributed by atoms with Gasteiger partial charge in [0.1, 0.15) is 5.75 Å². The fourth-order valence-corrected chi connectivity index (χ4v) is 3.23. The first-order valence-electron chi connectivity index (χ1n) is 9.58. The van der Waals surface area contributed by atoms with Crippen LogP contribution in [0.3, 0.4) is 0 Å². The van der Waals surface area contributed by atoms with Gasteiger partial charge in [0.05, 0.1) is 6.61 Å². The topological polar surface area (TPSA) is 41.6 Å². The molecule has 0 spiro atoms. The Morgan fingerprint density at radius 1 is 0.962 bits per heavy atom. The molecule has 2 aromatic carbocycles. The molecule has 0 saturated carbocycles. The maximum absolute atomic E-state index is 12.1. The summed E-state index contributed by atoms with van der Waals surface area (Å²) in [6.07, 6.45) is 5.14. The number of nitrogens with zero attached hydrogens (tertiary/aromatic N) is 1. The second-order valence-electron chi connectivity index (χ2n) is 6.85. The van der Waals surface area contributed by atoms with Gasteiger partial charge in [0.25, 0.3) is 0 Å². The molecule has 0 radical (unpaired) electrons. The fourth-order valence-electron chi connectivity index (χ4n) is 3.23. The predicted octanol–water partition coefficient (Wildman–Crippen LogP) is 4.47. The summed E-state index contributed by atoms with van der Waals surface area (Å²) < 4.78 is 5.61. The van der Waals surface area contributed by atoms with Gasteiger partial charge < -0.3 is 10.1 Å². The van der Waals surface area contributed by atoms with Crippen LogP contribution in [0.1, 0.15) is 37.7 Å². The Morgan fingerprint density at radius 3 is 2.42 bits per heavy atom. The van der Waals surface area contributed by atoms with Crippen molar-refractivity contribution < 1.29 is 9.53 Å². The van der Waals surface area contributed by atoms with E-state index < -0.39 is 0 Å². The fraction of sp³-hybridized carbons (Fsp3) is 0.409. The number of carbonyl (C=O) groups excluding carboxylic acids is 1. The first kappa shape index (κ1) is 18.5. The summed E-state index contributed by atoms with van der Waals surface area (Å²) in [4.78, 5) is 14.6. The lowest BCUT2D eigenvalue weighted by atomic mass is 10.1. The Labute approximate surface area is 156 Å². The number of rotatable bonds is 8. The summed E-state index contributed by atoms with van der Waals surface area (Å²) in [6, 6.07) is 17.9. The molecule has 1 fully saturated rings. The highest BCUT2D eigenvalue weighted by Crippen LogP contribution is 2.16. The molecule has 1 saturated heterocycles. The first-order valence-corrected chi connectivity index (χ1v) is 9.58. The zero-order valence-corrected chi connectivity index (χ0v) is 15.3. The van der Waals surface area contributed by atoms with E-state index in [1.807, 2.05) is 42.5 Å². The lowest BCUT2D eigenvalue weighted by Crippen LogP contribution is -2.29. The molecule has 1 N–H and O–H groups in total. The SMILES string of the molecule is O=C(CCCOc1ccccc1)Nc1ccc(CN2CCCCC2)cc1. The molecular weight excluding hydrogens is 324 g/mol. The molecule has 1 aliphatic heterocycles. The molecule has 2 aromatic rings. The highest BCUT2D eigenvalue weighted by molar-refractivity contribution is 5.90. The van der Waals surface area contributed by atoms with E-state index >= 15 is 0 Å². The van der Waals surface area contributed by atoms with Crippen molar-refractivity contribution in [3.63, 3.8) is 0 Å². The summed E-state index contributed by atoms with van der Waals surface area (Å²) in [5, 5.41) is 2.96. The summed E-state index contributed by atoms with van der Waals surface area (Å²) in [5.74, 6) is 0.877. The number of nitrogens with one attached hydrogen (secondary N) is 1. The minimum Gasteiger partial charge on any atom is -0.494 e. The molecule has 0 unspecified atom stereocenters. The normalized spacial score (nSPS) is 14.8. The van der Waals surface area contributed by atoms with Crippen LogP contribution in [0, 0.1) is 0 Å². The number of carbonyl (C=O) groups is 1. The number of benzene rings is 2. The summed E-state index contributed by atoms with van der Waals surface area (Å²) in [6.45, 7) is 3.95. The van der Waals surface area contributed by atoms with Gasteiger partial charge >= 0.3 is 0 Å². The summed E-state index contributed by atoms with van der Waals surface area (Å²) in [7, 11) is 0. The average molecular weight is 352 g/mol. The number of ether oxygens (including phenoxy) is 1. The van der Waals surface area contributed by atoms with Gasteiger partial charge in [0, 0.05) is 18.7 Å². The first-order chi connectivity index (χ1) is 12.8. The third-order valence-electron chi connectivity index (χ3n) is 4.65. The molecule has 4 heteroatoms. The van der Waals surface area contributed by atoms with Gasteiger partial charge in [-0.15, -0.1) is 0 Å². The quantitative estimate of drug-likeness (QED) is 0.713. The standard InChI is InChI=1S/C22H28N2O2/c25-22(10-7-17-26-21-8-3-1-4-9-21)23-20-13-11-19(12-14-20)18-24-15-5-2-6-16-24/h1,3-4,8-9,11-14H,2,5-7,10,15-18H2,(H,23,25). The Bertz CT molecular complexity index is 664. The van der Waals surface area contributed by atoms with Gasteiger partial charge in [-0.05, 0) is 62.2 Å². The van der Waals surface area contributed by atoms with Gasteiger partial charge in [-0.3, -0.25) is 9.69 Å². The van der Waals surface area contributed by atoms with E-state index in [1.165, 1.54) is 37.9 Å². The van der Waals surface area contributed by atoms with Gasteiger partial charge in [-0.2, -0.15) is 0 Å². The van der Waals surface area contributed by atoms with Gasteiger partial charge in [0.2, 0.25) is 5.91 Å². The maximum atomic E-state index is 12.1. The second kappa shape index (κ2) is 9.97. The Balaban J connectivity index is 1.35. The van der Waals surface area contributed by atoms with E-state index in [9.17, 15) is 4.79 Å². The molecule has 138 valence electrons. The molecule has 0 atom stereocenters. The number of para-hydroxylation sites is 1. The van der Waals surface area contributed by atoms with Gasteiger partial charge in [-0.25, -0.2) is 0 Å². The number of likely N-dealkylation sites (tertiary alicyclic amines) is 1. The van der Waals surface area contributed by atoms with Gasteiger partial charge in [-0.1, -0.05) is 36.8 Å². The lowest BCUT2D eigenvalue weighted by molar-refractivity contribution is -0.116. The summed E-state index contributed by atoms with van der Waals surface area (Å²) in [5.41, 5.74) is 2.17. The minimum atomic E-state index is 0.0328. The third kappa shape index (κ3) is 6.19. The molecule has 26 heavy (non-hydrogen) atoms. The molecule has 4 nitrogen and oxygen atoms in total. The average Bonchev–Trinajstić information content (AvgIpc) is 2.68. The lowest BCUT2D eigenvalue weighted by Gasteiger charge is -2.26. The second-order valence-corrected chi connectivity index (χ2v) is 6.85. The van der Waals surface area contributed by atoms with Crippen LogP contribution >= 0.6 is 0 Å². The largest absolute Gasteiger partial charge is 0.494 e. The van der Waals surface area contributed by atoms with Crippen molar-refractivity contribution in [1.29, 1.82) is 0 Å². The zero-order valence-electron chi connectivity index (χ0n) is 15.3. The van der Waals surface area contributed by atoms with Crippen LogP contribution in [0.2, 0.25) is 0 Å². The van der Waals surface area contributed by atoms with Crippen LogP contribution < -0.4 is 10.1 Å². The monoisotopic (exact) mass is 352 g/mol. The Morgan fingerprint density at radius 2 is 1.69 bits per heavy atom. The molecule has 0 aromatic heterocycles. The van der Waals surface area contributed by atoms with E-state index in [4.69, 9.17) is 4.74 Å². The van der Waals surface area contributed by atoms with Crippen LogP contribution in [-0.2, 0) is 11.3 Å². The van der Waals surface area contributed by atoms with Crippen LogP contribution in [0.25, 0.3) is 0 Å². The van der Waals surface area contributed by atoms with Crippen molar-refractivity contribution in [3.8, 4) is 5.75 Å². The van der Waals surface area contributed by atoms with E-state index in [0.717, 1.165) is 18.0 Å². The van der Waals surface area contributed by atoms with Crippen LogP contribution in [0.5, 0.6) is 5.75 Å². The Kier molecular flexibility index (Phi) is 7.08. The molecular formula is C22H28N2O2. The van der Waals surface area contributed by atoms with Gasteiger partial charge in [0.15, 0.2) is 0 Å². The molecule has 1 heterocycles. The predicted molar refractivity (Wildman–Crippen MR) is 105 cm³/mol. The van der Waals surface area contributed by atoms with E-state index in [-0.39, 0.29) is 5.91 Å². The number of hydrogen-bond donors (Lipinski definition) is 1. The molecule has 0 bridgehead atoms. The Hall–Kier alpha value is -2.33. The summed E-state index contributed by atoms with van der Waals surface area (Å²) >= 11 is 0. The maximum Gasteiger partial charge on any atom is 0.224 e. The zero-order chi connectivity index (χ0) is 18.0. The van der Waals surface area contributed by atoms with Crippen molar-refractivity contribution in [2.24, 2.45) is 0 Å². The molecule has 3 rings (SSSR count). The third-order valence-corrected chi connectivity index (χ3v) is 4.65. The molecule has 1 aliphatic rings. The van der Waals surface area contributed by atoms with Crippen molar-refractivity contribution in [3.05, 3.63) is 60.2 Å². The van der Waals surface area contributed by atoms with Crippen LogP contribution in [0.4, 0.5) is 5.69 Å². The van der Waals surface area contributed by atoms with Crippen molar-refractivity contribution >= 4 is 11.6 Å². The minimum absolute atomic E-state index is 0.0328. The van der Waals surface area contributed by atoms with E-state index in [2.05, 4.69) is 22.3 Å². The van der Waals surface area contributed by atoms with Crippen LogP contribution in [0.15, 0.2) is 54.6 Å². The van der Waals surface area contributed by atoms with Crippen molar-refractivity contribution in [1.82, 2.24) is 4.90 Å². The molecule has 1 amide bonds. The van der Waals surface area contributed by atoms with E-state index in [0.29, 0.717) is 19.4 Å².